The molecule has 0 fully saturated rings. The highest BCUT2D eigenvalue weighted by molar-refractivity contribution is 5.92. The molecule has 0 atom stereocenters. The van der Waals surface area contributed by atoms with Gasteiger partial charge in [-0.15, -0.1) is 0 Å². The molecule has 0 bridgehead atoms. The van der Waals surface area contributed by atoms with Gasteiger partial charge in [0.1, 0.15) is 0 Å². The first-order valence-corrected chi connectivity index (χ1v) is 5.44. The zero-order valence-electron chi connectivity index (χ0n) is 9.57. The Labute approximate surface area is 96.3 Å². The highest BCUT2D eigenvalue weighted by Crippen LogP contribution is 2.03. The van der Waals surface area contributed by atoms with Gasteiger partial charge in [-0.2, -0.15) is 0 Å². The Balaban J connectivity index is 2.35. The summed E-state index contributed by atoms with van der Waals surface area (Å²) in [7, 11) is 0. The molecule has 0 unspecified atom stereocenters. The van der Waals surface area contributed by atoms with Crippen LogP contribution < -0.4 is 11.1 Å². The first-order chi connectivity index (χ1) is 7.74. The average molecular weight is 218 g/mol. The number of primary amides is 1. The van der Waals surface area contributed by atoms with E-state index < -0.39 is 0 Å². The van der Waals surface area contributed by atoms with E-state index >= 15 is 0 Å². The Morgan fingerprint density at radius 1 is 1.38 bits per heavy atom. The molecule has 3 N–H and O–H groups in total. The van der Waals surface area contributed by atoms with Gasteiger partial charge in [0.25, 0.3) is 0 Å². The van der Waals surface area contributed by atoms with Gasteiger partial charge in [0.2, 0.25) is 5.91 Å². The summed E-state index contributed by atoms with van der Waals surface area (Å²) in [6.45, 7) is 3.79. The van der Waals surface area contributed by atoms with Gasteiger partial charge >= 0.3 is 0 Å². The molecule has 0 radical (unpaired) electrons. The van der Waals surface area contributed by atoms with Crippen LogP contribution in [0.5, 0.6) is 0 Å². The molecule has 0 heterocycles. The van der Waals surface area contributed by atoms with Gasteiger partial charge in [-0.05, 0) is 37.6 Å². The number of benzene rings is 1. The summed E-state index contributed by atoms with van der Waals surface area (Å²) >= 11 is 0. The number of rotatable bonds is 6. The lowest BCUT2D eigenvalue weighted by Crippen LogP contribution is -2.14. The number of carbonyl (C=O) groups is 1. The molecule has 1 rings (SSSR count). The molecule has 0 saturated carbocycles. The number of carbonyl (C=O) groups excluding carboxylic acids is 1. The van der Waals surface area contributed by atoms with E-state index in [1.54, 1.807) is 12.1 Å². The van der Waals surface area contributed by atoms with Crippen molar-refractivity contribution in [3.63, 3.8) is 0 Å². The molecule has 0 aliphatic carbocycles. The summed E-state index contributed by atoms with van der Waals surface area (Å²) in [5.41, 5.74) is 6.87. The van der Waals surface area contributed by atoms with Crippen LogP contribution in [0, 0.1) is 0 Å². The van der Waals surface area contributed by atoms with Crippen molar-refractivity contribution in [2.24, 2.45) is 5.73 Å². The van der Waals surface area contributed by atoms with Gasteiger partial charge < -0.3 is 11.1 Å². The minimum Gasteiger partial charge on any atom is -0.366 e. The Morgan fingerprint density at radius 3 is 2.62 bits per heavy atom. The van der Waals surface area contributed by atoms with Gasteiger partial charge in [0, 0.05) is 12.1 Å². The molecular formula is C13H18N2O. The van der Waals surface area contributed by atoms with E-state index in [-0.39, 0.29) is 5.91 Å². The highest BCUT2D eigenvalue weighted by atomic mass is 16.1. The molecule has 0 spiro atoms. The second kappa shape index (κ2) is 6.80. The van der Waals surface area contributed by atoms with Gasteiger partial charge in [-0.3, -0.25) is 4.79 Å². The fourth-order valence-corrected chi connectivity index (χ4v) is 1.37. The molecule has 3 heteroatoms. The van der Waals surface area contributed by atoms with E-state index in [2.05, 4.69) is 11.4 Å². The maximum absolute atomic E-state index is 10.8. The Bertz CT molecular complexity index is 355. The molecule has 1 amide bonds. The second-order valence-corrected chi connectivity index (χ2v) is 3.60. The van der Waals surface area contributed by atoms with E-state index in [1.165, 1.54) is 0 Å². The normalized spacial score (nSPS) is 10.8. The number of hydrogen-bond acceptors (Lipinski definition) is 2. The summed E-state index contributed by atoms with van der Waals surface area (Å²) in [6, 6.07) is 7.35. The lowest BCUT2D eigenvalue weighted by Gasteiger charge is -2.03. The van der Waals surface area contributed by atoms with Gasteiger partial charge in [0.05, 0.1) is 0 Å². The third-order valence-electron chi connectivity index (χ3n) is 2.29. The van der Waals surface area contributed by atoms with Crippen molar-refractivity contribution in [1.29, 1.82) is 0 Å². The van der Waals surface area contributed by atoms with Crippen molar-refractivity contribution >= 4 is 5.91 Å². The maximum atomic E-state index is 10.8. The van der Waals surface area contributed by atoms with Crippen LogP contribution in [0.3, 0.4) is 0 Å². The van der Waals surface area contributed by atoms with Crippen molar-refractivity contribution in [3.05, 3.63) is 47.5 Å². The third-order valence-corrected chi connectivity index (χ3v) is 2.29. The van der Waals surface area contributed by atoms with E-state index in [0.29, 0.717) is 5.56 Å². The Morgan fingerprint density at radius 2 is 2.06 bits per heavy atom. The van der Waals surface area contributed by atoms with Crippen molar-refractivity contribution in [2.45, 2.75) is 19.9 Å². The largest absolute Gasteiger partial charge is 0.366 e. The first kappa shape index (κ1) is 12.5. The molecule has 0 aliphatic heterocycles. The molecule has 0 aromatic heterocycles. The van der Waals surface area contributed by atoms with E-state index in [1.807, 2.05) is 25.1 Å². The molecule has 0 saturated heterocycles. The Hall–Kier alpha value is -1.61. The molecule has 1 aromatic rings. The lowest BCUT2D eigenvalue weighted by atomic mass is 10.1. The van der Waals surface area contributed by atoms with Crippen LogP contribution in [0.15, 0.2) is 36.4 Å². The van der Waals surface area contributed by atoms with E-state index in [0.717, 1.165) is 25.1 Å². The average Bonchev–Trinajstić information content (AvgIpc) is 2.29. The maximum Gasteiger partial charge on any atom is 0.248 e. The number of hydrogen-bond donors (Lipinski definition) is 2. The summed E-state index contributed by atoms with van der Waals surface area (Å²) in [6.07, 6.45) is 5.21. The minimum atomic E-state index is -0.382. The topological polar surface area (TPSA) is 55.1 Å². The predicted octanol–water partition coefficient (Wildman–Crippen LogP) is 1.84. The smallest absolute Gasteiger partial charge is 0.248 e. The second-order valence-electron chi connectivity index (χ2n) is 3.60. The highest BCUT2D eigenvalue weighted by Gasteiger charge is 1.98. The SMILES string of the molecule is C/C=C/CCNCc1ccc(C(N)=O)cc1. The van der Waals surface area contributed by atoms with Crippen LogP contribution in [0.2, 0.25) is 0 Å². The van der Waals surface area contributed by atoms with Gasteiger partial charge in [-0.25, -0.2) is 0 Å². The fraction of sp³-hybridized carbons (Fsp3) is 0.308. The van der Waals surface area contributed by atoms with Gasteiger partial charge in [0.15, 0.2) is 0 Å². The fourth-order valence-electron chi connectivity index (χ4n) is 1.37. The van der Waals surface area contributed by atoms with Crippen LogP contribution in [0.4, 0.5) is 0 Å². The predicted molar refractivity (Wildman–Crippen MR) is 66.1 cm³/mol. The van der Waals surface area contributed by atoms with E-state index in [9.17, 15) is 4.79 Å². The molecule has 0 aliphatic rings. The van der Waals surface area contributed by atoms with Crippen LogP contribution in [-0.2, 0) is 6.54 Å². The van der Waals surface area contributed by atoms with Crippen molar-refractivity contribution < 1.29 is 4.79 Å². The van der Waals surface area contributed by atoms with Crippen molar-refractivity contribution in [2.75, 3.05) is 6.54 Å². The number of allylic oxidation sites excluding steroid dienone is 1. The summed E-state index contributed by atoms with van der Waals surface area (Å²) in [4.78, 5) is 10.8. The van der Waals surface area contributed by atoms with Crippen LogP contribution in [-0.4, -0.2) is 12.5 Å². The van der Waals surface area contributed by atoms with Crippen molar-refractivity contribution in [1.82, 2.24) is 5.32 Å². The zero-order chi connectivity index (χ0) is 11.8. The summed E-state index contributed by atoms with van der Waals surface area (Å²) < 4.78 is 0. The van der Waals surface area contributed by atoms with E-state index in [4.69, 9.17) is 5.73 Å². The molecule has 86 valence electrons. The van der Waals surface area contributed by atoms with Crippen LogP contribution >= 0.6 is 0 Å². The monoisotopic (exact) mass is 218 g/mol. The van der Waals surface area contributed by atoms with Crippen LogP contribution in [0.25, 0.3) is 0 Å². The summed E-state index contributed by atoms with van der Waals surface area (Å²) in [5.74, 6) is -0.382. The molecule has 16 heavy (non-hydrogen) atoms. The third kappa shape index (κ3) is 4.28. The van der Waals surface area contributed by atoms with Crippen molar-refractivity contribution in [3.8, 4) is 0 Å². The molecule has 1 aromatic carbocycles. The number of amides is 1. The standard InChI is InChI=1S/C13H18N2O/c1-2-3-4-9-15-10-11-5-7-12(8-6-11)13(14)16/h2-3,5-8,15H,4,9-10H2,1H3,(H2,14,16)/b3-2+. The number of nitrogens with two attached hydrogens (primary N) is 1. The molecule has 3 nitrogen and oxygen atoms in total. The first-order valence-electron chi connectivity index (χ1n) is 5.44. The lowest BCUT2D eigenvalue weighted by molar-refractivity contribution is 0.100. The number of nitrogens with one attached hydrogen (secondary N) is 1. The Kier molecular flexibility index (Phi) is 5.29. The quantitative estimate of drug-likeness (QED) is 0.565. The van der Waals surface area contributed by atoms with Crippen LogP contribution in [0.1, 0.15) is 29.3 Å². The minimum absolute atomic E-state index is 0.382. The zero-order valence-corrected chi connectivity index (χ0v) is 9.57. The molecular weight excluding hydrogens is 200 g/mol. The summed E-state index contributed by atoms with van der Waals surface area (Å²) in [5, 5.41) is 3.32. The van der Waals surface area contributed by atoms with Gasteiger partial charge in [-0.1, -0.05) is 24.3 Å².